The minimum Gasteiger partial charge on any atom is -0.322 e. The fourth-order valence-corrected chi connectivity index (χ4v) is 2.67. The van der Waals surface area contributed by atoms with E-state index in [0.29, 0.717) is 22.5 Å². The molecule has 0 atom stereocenters. The Labute approximate surface area is 153 Å². The predicted molar refractivity (Wildman–Crippen MR) is 98.5 cm³/mol. The van der Waals surface area contributed by atoms with Gasteiger partial charge in [0, 0.05) is 12.4 Å². The van der Waals surface area contributed by atoms with Crippen LogP contribution in [0.15, 0.2) is 60.2 Å². The molecule has 0 saturated heterocycles. The van der Waals surface area contributed by atoms with Crippen LogP contribution in [0.2, 0.25) is 0 Å². The summed E-state index contributed by atoms with van der Waals surface area (Å²) in [6.07, 6.45) is 7.78. The van der Waals surface area contributed by atoms with Crippen LogP contribution in [-0.2, 0) is 11.3 Å². The third kappa shape index (κ3) is 3.30. The first-order valence-electron chi connectivity index (χ1n) is 8.18. The minimum atomic E-state index is -0.371. The zero-order chi connectivity index (χ0) is 18.8. The van der Waals surface area contributed by atoms with Gasteiger partial charge in [0.05, 0.1) is 35.3 Å². The summed E-state index contributed by atoms with van der Waals surface area (Å²) in [7, 11) is 0. The molecule has 0 unspecified atom stereocenters. The van der Waals surface area contributed by atoms with E-state index in [1.54, 1.807) is 41.2 Å². The Kier molecular flexibility index (Phi) is 4.17. The van der Waals surface area contributed by atoms with Crippen molar-refractivity contribution in [3.8, 4) is 5.95 Å². The van der Waals surface area contributed by atoms with Gasteiger partial charge in [-0.2, -0.15) is 0 Å². The molecule has 0 aliphatic rings. The minimum absolute atomic E-state index is 0.154. The molecule has 27 heavy (non-hydrogen) atoms. The molecule has 0 fully saturated rings. The number of nitrogens with zero attached hydrogens (tertiary/aromatic N) is 6. The van der Waals surface area contributed by atoms with E-state index in [0.717, 1.165) is 5.82 Å². The van der Waals surface area contributed by atoms with Crippen LogP contribution in [0, 0.1) is 6.92 Å². The molecule has 0 aliphatic carbocycles. The van der Waals surface area contributed by atoms with Crippen molar-refractivity contribution in [2.75, 3.05) is 5.32 Å². The highest BCUT2D eigenvalue weighted by Gasteiger charge is 2.09. The molecule has 0 radical (unpaired) electrons. The molecule has 1 aromatic carbocycles. The van der Waals surface area contributed by atoms with Gasteiger partial charge in [-0.05, 0) is 19.1 Å². The van der Waals surface area contributed by atoms with Crippen LogP contribution >= 0.6 is 0 Å². The van der Waals surface area contributed by atoms with Crippen LogP contribution in [0.25, 0.3) is 16.9 Å². The van der Waals surface area contributed by atoms with Crippen LogP contribution in [-0.4, -0.2) is 35.0 Å². The van der Waals surface area contributed by atoms with Gasteiger partial charge in [-0.15, -0.1) is 0 Å². The lowest BCUT2D eigenvalue weighted by Gasteiger charge is -2.08. The SMILES string of the molecule is Cc1nccn1-c1ncc(NC(=O)Cn2cnc3ccccc3c2=O)cn1. The predicted octanol–water partition coefficient (Wildman–Crippen LogP) is 1.32. The summed E-state index contributed by atoms with van der Waals surface area (Å²) in [5.74, 6) is 0.845. The fraction of sp³-hybridized carbons (Fsp3) is 0.111. The molecule has 3 heterocycles. The van der Waals surface area contributed by atoms with Gasteiger partial charge in [0.15, 0.2) is 0 Å². The Balaban J connectivity index is 1.49. The third-order valence-electron chi connectivity index (χ3n) is 4.01. The Morgan fingerprint density at radius 1 is 1.11 bits per heavy atom. The Morgan fingerprint density at radius 3 is 2.63 bits per heavy atom. The molecule has 1 amide bonds. The number of aryl methyl sites for hydroxylation is 1. The van der Waals surface area contributed by atoms with Gasteiger partial charge in [0.2, 0.25) is 11.9 Å². The molecular weight excluding hydrogens is 346 g/mol. The normalized spacial score (nSPS) is 10.9. The fourth-order valence-electron chi connectivity index (χ4n) is 2.67. The largest absolute Gasteiger partial charge is 0.322 e. The average Bonchev–Trinajstić information content (AvgIpc) is 3.11. The average molecular weight is 361 g/mol. The first-order valence-corrected chi connectivity index (χ1v) is 8.18. The lowest BCUT2D eigenvalue weighted by Crippen LogP contribution is -2.28. The van der Waals surface area contributed by atoms with Crippen LogP contribution < -0.4 is 10.9 Å². The Hall–Kier alpha value is -3.88. The van der Waals surface area contributed by atoms with Crippen LogP contribution in [0.4, 0.5) is 5.69 Å². The van der Waals surface area contributed by atoms with Crippen molar-refractivity contribution in [3.63, 3.8) is 0 Å². The summed E-state index contributed by atoms with van der Waals surface area (Å²) < 4.78 is 2.99. The van der Waals surface area contributed by atoms with E-state index in [4.69, 9.17) is 0 Å². The van der Waals surface area contributed by atoms with E-state index in [1.807, 2.05) is 6.92 Å². The summed E-state index contributed by atoms with van der Waals surface area (Å²) >= 11 is 0. The summed E-state index contributed by atoms with van der Waals surface area (Å²) in [4.78, 5) is 41.5. The molecule has 0 aliphatic heterocycles. The highest BCUT2D eigenvalue weighted by molar-refractivity contribution is 5.90. The van der Waals surface area contributed by atoms with Crippen LogP contribution in [0.3, 0.4) is 0 Å². The van der Waals surface area contributed by atoms with E-state index in [9.17, 15) is 9.59 Å². The zero-order valence-corrected chi connectivity index (χ0v) is 14.4. The number of imidazole rings is 1. The zero-order valence-electron chi connectivity index (χ0n) is 14.4. The maximum Gasteiger partial charge on any atom is 0.261 e. The number of anilines is 1. The quantitative estimate of drug-likeness (QED) is 0.587. The second-order valence-corrected chi connectivity index (χ2v) is 5.86. The molecule has 134 valence electrons. The molecule has 0 saturated carbocycles. The van der Waals surface area contributed by atoms with Gasteiger partial charge in [0.1, 0.15) is 12.4 Å². The van der Waals surface area contributed by atoms with Crippen molar-refractivity contribution in [1.29, 1.82) is 0 Å². The number of rotatable bonds is 4. The second-order valence-electron chi connectivity index (χ2n) is 5.86. The molecule has 0 spiro atoms. The second kappa shape index (κ2) is 6.79. The highest BCUT2D eigenvalue weighted by Crippen LogP contribution is 2.08. The number of hydrogen-bond donors (Lipinski definition) is 1. The van der Waals surface area contributed by atoms with E-state index < -0.39 is 0 Å². The Morgan fingerprint density at radius 2 is 1.89 bits per heavy atom. The lowest BCUT2D eigenvalue weighted by molar-refractivity contribution is -0.116. The number of aromatic nitrogens is 6. The smallest absolute Gasteiger partial charge is 0.261 e. The molecular formula is C18H15N7O2. The first-order chi connectivity index (χ1) is 13.1. The van der Waals surface area contributed by atoms with Crippen molar-refractivity contribution >= 4 is 22.5 Å². The maximum absolute atomic E-state index is 12.4. The van der Waals surface area contributed by atoms with Gasteiger partial charge in [-0.25, -0.2) is 19.9 Å². The van der Waals surface area contributed by atoms with Crippen molar-refractivity contribution in [2.24, 2.45) is 0 Å². The summed E-state index contributed by atoms with van der Waals surface area (Å²) in [5, 5.41) is 3.15. The monoisotopic (exact) mass is 361 g/mol. The van der Waals surface area contributed by atoms with Crippen molar-refractivity contribution in [1.82, 2.24) is 29.1 Å². The lowest BCUT2D eigenvalue weighted by atomic mass is 10.2. The summed E-state index contributed by atoms with van der Waals surface area (Å²) in [6.45, 7) is 1.69. The number of carbonyl (C=O) groups is 1. The van der Waals surface area contributed by atoms with Crippen LogP contribution in [0.5, 0.6) is 0 Å². The van der Waals surface area contributed by atoms with Gasteiger partial charge in [-0.3, -0.25) is 18.7 Å². The van der Waals surface area contributed by atoms with E-state index in [-0.39, 0.29) is 18.0 Å². The molecule has 4 aromatic rings. The summed E-state index contributed by atoms with van der Waals surface area (Å²) in [5.41, 5.74) is 0.763. The van der Waals surface area contributed by atoms with Crippen molar-refractivity contribution in [2.45, 2.75) is 13.5 Å². The summed E-state index contributed by atoms with van der Waals surface area (Å²) in [6, 6.07) is 7.00. The number of para-hydroxylation sites is 1. The molecule has 9 heteroatoms. The van der Waals surface area contributed by atoms with Gasteiger partial charge in [-0.1, -0.05) is 12.1 Å². The number of fused-ring (bicyclic) bond motifs is 1. The molecule has 0 bridgehead atoms. The molecule has 3 aromatic heterocycles. The first kappa shape index (κ1) is 16.6. The number of benzene rings is 1. The van der Waals surface area contributed by atoms with Crippen molar-refractivity contribution < 1.29 is 4.79 Å². The molecule has 1 N–H and O–H groups in total. The third-order valence-corrected chi connectivity index (χ3v) is 4.01. The number of carbonyl (C=O) groups excluding carboxylic acids is 1. The Bertz CT molecular complexity index is 1180. The van der Waals surface area contributed by atoms with Crippen molar-refractivity contribution in [3.05, 3.63) is 71.6 Å². The number of nitrogens with one attached hydrogen (secondary N) is 1. The number of amides is 1. The van der Waals surface area contributed by atoms with E-state index in [2.05, 4.69) is 25.3 Å². The van der Waals surface area contributed by atoms with E-state index >= 15 is 0 Å². The highest BCUT2D eigenvalue weighted by atomic mass is 16.2. The van der Waals surface area contributed by atoms with Gasteiger partial charge < -0.3 is 5.32 Å². The standard InChI is InChI=1S/C18H15N7O2/c1-12-19-6-7-25(12)18-20-8-13(9-21-18)23-16(26)10-24-11-22-15-5-3-2-4-14(15)17(24)27/h2-9,11H,10H2,1H3,(H,23,26). The molecule has 4 rings (SSSR count). The maximum atomic E-state index is 12.4. The van der Waals surface area contributed by atoms with Gasteiger partial charge >= 0.3 is 0 Å². The van der Waals surface area contributed by atoms with Gasteiger partial charge in [0.25, 0.3) is 5.56 Å². The van der Waals surface area contributed by atoms with Crippen LogP contribution in [0.1, 0.15) is 5.82 Å². The number of hydrogen-bond acceptors (Lipinski definition) is 6. The van der Waals surface area contributed by atoms with E-state index in [1.165, 1.54) is 23.3 Å². The molecule has 9 nitrogen and oxygen atoms in total. The topological polar surface area (TPSA) is 108 Å².